The quantitative estimate of drug-likeness (QED) is 0.172. The molecule has 0 aliphatic rings. The van der Waals surface area contributed by atoms with Crippen molar-refractivity contribution in [1.82, 2.24) is 5.32 Å². The number of carboxylic acids is 1. The Bertz CT molecular complexity index is 1690. The lowest BCUT2D eigenvalue weighted by atomic mass is 10.0. The molecule has 0 saturated carbocycles. The maximum absolute atomic E-state index is 13.2. The van der Waals surface area contributed by atoms with E-state index in [4.69, 9.17) is 4.74 Å². The molecule has 4 rings (SSSR count). The zero-order valence-electron chi connectivity index (χ0n) is 26.3. The number of rotatable bonds is 12. The van der Waals surface area contributed by atoms with Gasteiger partial charge in [-0.3, -0.25) is 19.3 Å². The number of urea groups is 1. The molecule has 3 N–H and O–H groups in total. The van der Waals surface area contributed by atoms with Crippen molar-refractivity contribution in [2.75, 3.05) is 36.3 Å². The lowest BCUT2D eigenvalue weighted by molar-refractivity contribution is -0.137. The molecule has 10 nitrogen and oxygen atoms in total. The number of hydrogen-bond donors (Lipinski definition) is 3. The van der Waals surface area contributed by atoms with Crippen LogP contribution in [0.4, 0.5) is 21.9 Å². The molecule has 4 amide bonds. The van der Waals surface area contributed by atoms with Crippen molar-refractivity contribution in [3.8, 4) is 5.75 Å². The van der Waals surface area contributed by atoms with Gasteiger partial charge >= 0.3 is 12.0 Å². The van der Waals surface area contributed by atoms with Gasteiger partial charge in [0.2, 0.25) is 5.91 Å². The van der Waals surface area contributed by atoms with Gasteiger partial charge in [-0.2, -0.15) is 0 Å². The van der Waals surface area contributed by atoms with Crippen LogP contribution < -0.4 is 25.2 Å². The minimum atomic E-state index is -0.956. The Balaban J connectivity index is 1.42. The van der Waals surface area contributed by atoms with Crippen LogP contribution in [-0.4, -0.2) is 50.1 Å². The van der Waals surface area contributed by atoms with Crippen molar-refractivity contribution in [2.24, 2.45) is 0 Å². The predicted octanol–water partition coefficient (Wildman–Crippen LogP) is 6.21. The first-order valence-electron chi connectivity index (χ1n) is 14.8. The number of aliphatic carboxylic acids is 1. The second kappa shape index (κ2) is 15.4. The average Bonchev–Trinajstić information content (AvgIpc) is 3.07. The number of benzene rings is 4. The van der Waals surface area contributed by atoms with Gasteiger partial charge in [0.05, 0.1) is 25.3 Å². The van der Waals surface area contributed by atoms with E-state index in [1.807, 2.05) is 37.3 Å². The van der Waals surface area contributed by atoms with Gasteiger partial charge in [-0.1, -0.05) is 54.6 Å². The molecule has 0 fully saturated rings. The van der Waals surface area contributed by atoms with Crippen molar-refractivity contribution in [1.29, 1.82) is 0 Å². The van der Waals surface area contributed by atoms with Gasteiger partial charge in [0.25, 0.3) is 5.91 Å². The molecule has 0 aliphatic heterocycles. The number of nitrogens with zero attached hydrogens (tertiary/aromatic N) is 2. The summed E-state index contributed by atoms with van der Waals surface area (Å²) >= 11 is 0. The standard InChI is InChI=1S/C36H38N4O6/c1-24-10-8-9-13-31(24)40(3)36(45)38-30-19-14-25(22-32(30)46-4)23-33(41)39(2)28-17-15-26(16-18-28)29(20-21-34(42)43)37-35(44)27-11-6-5-7-12-27/h5-19,22,29H,20-21,23H2,1-4H3,(H,37,44)(H,38,45)(H,42,43). The zero-order valence-corrected chi connectivity index (χ0v) is 26.3. The summed E-state index contributed by atoms with van der Waals surface area (Å²) in [6, 6.07) is 27.7. The van der Waals surface area contributed by atoms with E-state index in [0.29, 0.717) is 28.3 Å². The summed E-state index contributed by atoms with van der Waals surface area (Å²) in [5, 5.41) is 15.0. The molecule has 238 valence electrons. The van der Waals surface area contributed by atoms with Crippen LogP contribution in [0.5, 0.6) is 5.75 Å². The van der Waals surface area contributed by atoms with E-state index in [-0.39, 0.29) is 37.1 Å². The number of aryl methyl sites for hydroxylation is 1. The molecule has 4 aromatic carbocycles. The van der Waals surface area contributed by atoms with Crippen LogP contribution in [-0.2, 0) is 16.0 Å². The number of carbonyl (C=O) groups excluding carboxylic acids is 3. The van der Waals surface area contributed by atoms with E-state index < -0.39 is 12.0 Å². The van der Waals surface area contributed by atoms with Gasteiger partial charge in [0.15, 0.2) is 0 Å². The number of carbonyl (C=O) groups is 4. The maximum atomic E-state index is 13.2. The molecule has 0 bridgehead atoms. The van der Waals surface area contributed by atoms with Crippen molar-refractivity contribution < 1.29 is 29.0 Å². The fraction of sp³-hybridized carbons (Fsp3) is 0.222. The number of hydrogen-bond acceptors (Lipinski definition) is 5. The Morgan fingerprint density at radius 1 is 0.848 bits per heavy atom. The number of ether oxygens (including phenoxy) is 1. The highest BCUT2D eigenvalue weighted by atomic mass is 16.5. The fourth-order valence-electron chi connectivity index (χ4n) is 4.99. The summed E-state index contributed by atoms with van der Waals surface area (Å²) in [7, 11) is 4.86. The lowest BCUT2D eigenvalue weighted by Gasteiger charge is -2.22. The molecule has 0 radical (unpaired) electrons. The van der Waals surface area contributed by atoms with Gasteiger partial charge in [0.1, 0.15) is 5.75 Å². The first kappa shape index (κ1) is 33.3. The van der Waals surface area contributed by atoms with Crippen LogP contribution in [0.1, 0.15) is 45.9 Å². The van der Waals surface area contributed by atoms with Crippen molar-refractivity contribution in [3.63, 3.8) is 0 Å². The van der Waals surface area contributed by atoms with Crippen LogP contribution >= 0.6 is 0 Å². The molecule has 0 heterocycles. The molecule has 0 spiro atoms. The van der Waals surface area contributed by atoms with Gasteiger partial charge in [-0.15, -0.1) is 0 Å². The summed E-state index contributed by atoms with van der Waals surface area (Å²) in [5.74, 6) is -1.01. The van der Waals surface area contributed by atoms with Crippen LogP contribution in [0, 0.1) is 6.92 Å². The Morgan fingerprint density at radius 3 is 2.17 bits per heavy atom. The SMILES string of the molecule is COc1cc(CC(=O)N(C)c2ccc(C(CCC(=O)O)NC(=O)c3ccccc3)cc2)ccc1NC(=O)N(C)c1ccccc1C. The smallest absolute Gasteiger partial charge is 0.326 e. The van der Waals surface area contributed by atoms with E-state index in [1.54, 1.807) is 80.8 Å². The van der Waals surface area contributed by atoms with E-state index in [0.717, 1.165) is 16.8 Å². The van der Waals surface area contributed by atoms with Crippen LogP contribution in [0.25, 0.3) is 0 Å². The maximum Gasteiger partial charge on any atom is 0.326 e. The first-order chi connectivity index (χ1) is 22.1. The Morgan fingerprint density at radius 2 is 1.52 bits per heavy atom. The fourth-order valence-corrected chi connectivity index (χ4v) is 4.99. The second-order valence-electron chi connectivity index (χ2n) is 10.9. The Labute approximate surface area is 268 Å². The predicted molar refractivity (Wildman–Crippen MR) is 179 cm³/mol. The van der Waals surface area contributed by atoms with E-state index >= 15 is 0 Å². The number of methoxy groups -OCH3 is 1. The minimum absolute atomic E-state index is 0.0837. The molecular weight excluding hydrogens is 584 g/mol. The topological polar surface area (TPSA) is 128 Å². The monoisotopic (exact) mass is 622 g/mol. The van der Waals surface area contributed by atoms with Crippen LogP contribution in [0.2, 0.25) is 0 Å². The van der Waals surface area contributed by atoms with Crippen molar-refractivity contribution in [2.45, 2.75) is 32.2 Å². The molecule has 10 heteroatoms. The summed E-state index contributed by atoms with van der Waals surface area (Å²) in [5.41, 5.74) is 4.77. The van der Waals surface area contributed by atoms with Gasteiger partial charge in [0, 0.05) is 37.5 Å². The van der Waals surface area contributed by atoms with Crippen molar-refractivity contribution in [3.05, 3.63) is 119 Å². The molecule has 0 aliphatic carbocycles. The summed E-state index contributed by atoms with van der Waals surface area (Å²) in [6.07, 6.45) is 0.179. The minimum Gasteiger partial charge on any atom is -0.495 e. The average molecular weight is 623 g/mol. The van der Waals surface area contributed by atoms with E-state index in [9.17, 15) is 24.3 Å². The third kappa shape index (κ3) is 8.50. The number of amides is 4. The normalized spacial score (nSPS) is 11.2. The number of para-hydroxylation sites is 1. The highest BCUT2D eigenvalue weighted by Crippen LogP contribution is 2.28. The van der Waals surface area contributed by atoms with Gasteiger partial charge < -0.3 is 25.4 Å². The van der Waals surface area contributed by atoms with Gasteiger partial charge in [-0.05, 0) is 72.5 Å². The number of anilines is 3. The third-order valence-electron chi connectivity index (χ3n) is 7.69. The second-order valence-corrected chi connectivity index (χ2v) is 10.9. The molecule has 1 unspecified atom stereocenters. The van der Waals surface area contributed by atoms with E-state index in [2.05, 4.69) is 10.6 Å². The molecular formula is C36H38N4O6. The third-order valence-corrected chi connectivity index (χ3v) is 7.69. The largest absolute Gasteiger partial charge is 0.495 e. The number of nitrogens with one attached hydrogen (secondary N) is 2. The summed E-state index contributed by atoms with van der Waals surface area (Å²) < 4.78 is 5.52. The lowest BCUT2D eigenvalue weighted by Crippen LogP contribution is -2.31. The zero-order chi connectivity index (χ0) is 33.2. The summed E-state index contributed by atoms with van der Waals surface area (Å²) in [6.45, 7) is 1.93. The van der Waals surface area contributed by atoms with Crippen LogP contribution in [0.15, 0.2) is 97.1 Å². The Kier molecular flexibility index (Phi) is 11.1. The highest BCUT2D eigenvalue weighted by molar-refractivity contribution is 6.02. The molecule has 1 atom stereocenters. The number of likely N-dealkylation sites (N-methyl/N-ethyl adjacent to an activating group) is 1. The van der Waals surface area contributed by atoms with Gasteiger partial charge in [-0.25, -0.2) is 4.79 Å². The van der Waals surface area contributed by atoms with Crippen molar-refractivity contribution >= 4 is 40.9 Å². The molecule has 0 saturated heterocycles. The number of carboxylic acid groups (broad SMARTS) is 1. The first-order valence-corrected chi connectivity index (χ1v) is 14.8. The summed E-state index contributed by atoms with van der Waals surface area (Å²) in [4.78, 5) is 53.3. The Hall–Kier alpha value is -5.64. The van der Waals surface area contributed by atoms with Crippen LogP contribution in [0.3, 0.4) is 0 Å². The molecule has 46 heavy (non-hydrogen) atoms. The molecule has 4 aromatic rings. The van der Waals surface area contributed by atoms with E-state index in [1.165, 1.54) is 16.9 Å². The highest BCUT2D eigenvalue weighted by Gasteiger charge is 2.20. The molecule has 0 aromatic heterocycles.